The number of aliphatic hydroxyl groups is 1. The van der Waals surface area contributed by atoms with Gasteiger partial charge in [0.25, 0.3) is 0 Å². The summed E-state index contributed by atoms with van der Waals surface area (Å²) < 4.78 is 26.0. The van der Waals surface area contributed by atoms with Crippen LogP contribution in [0.25, 0.3) is 0 Å². The molecule has 0 radical (unpaired) electrons. The molecule has 0 aromatic heterocycles. The summed E-state index contributed by atoms with van der Waals surface area (Å²) in [7, 11) is 1.86. The molecule has 1 aromatic rings. The molecule has 0 fully saturated rings. The highest BCUT2D eigenvalue weighted by molar-refractivity contribution is 7.89. The molecule has 1 aromatic carbocycles. The number of aliphatic hydroxyl groups excluding tert-OH is 1. The van der Waals surface area contributed by atoms with Crippen LogP contribution in [0.5, 0.6) is 0 Å². The zero-order valence-corrected chi connectivity index (χ0v) is 12.7. The number of hydrogen-bond donors (Lipinski definition) is 1. The van der Waals surface area contributed by atoms with E-state index < -0.39 is 16.1 Å². The van der Waals surface area contributed by atoms with E-state index in [9.17, 15) is 13.5 Å². The zero-order valence-electron chi connectivity index (χ0n) is 11.9. The first-order valence-electron chi connectivity index (χ1n) is 6.14. The maximum absolute atomic E-state index is 12.3. The van der Waals surface area contributed by atoms with Crippen LogP contribution in [0.2, 0.25) is 0 Å². The maximum atomic E-state index is 12.3. The van der Waals surface area contributed by atoms with Crippen molar-refractivity contribution < 1.29 is 13.5 Å². The first-order chi connectivity index (χ1) is 8.75. The lowest BCUT2D eigenvalue weighted by Crippen LogP contribution is -2.33. The first-order valence-corrected chi connectivity index (χ1v) is 7.58. The van der Waals surface area contributed by atoms with Crippen molar-refractivity contribution in [3.63, 3.8) is 0 Å². The fraction of sp³-hybridized carbons (Fsp3) is 0.538. The summed E-state index contributed by atoms with van der Waals surface area (Å²) in [6, 6.07) is 6.43. The van der Waals surface area contributed by atoms with Gasteiger partial charge in [0, 0.05) is 20.1 Å². The lowest BCUT2D eigenvalue weighted by molar-refractivity contribution is 0.199. The summed E-state index contributed by atoms with van der Waals surface area (Å²) in [6.07, 6.45) is -0.678. The number of sulfonamides is 1. The average molecular weight is 286 g/mol. The van der Waals surface area contributed by atoms with Crippen molar-refractivity contribution in [2.24, 2.45) is 0 Å². The van der Waals surface area contributed by atoms with Gasteiger partial charge in [-0.3, -0.25) is 0 Å². The molecule has 0 aliphatic rings. The molecule has 0 saturated heterocycles. The molecule has 0 saturated carbocycles. The Balaban J connectivity index is 2.96. The number of rotatable bonds is 6. The van der Waals surface area contributed by atoms with E-state index in [1.807, 2.05) is 19.0 Å². The standard InChI is InChI=1S/C13H22N2O3S/c1-11(16)12-6-5-7-13(10-12)19(17,18)15(4)9-8-14(2)3/h5-7,10-11,16H,8-9H2,1-4H3. The zero-order chi connectivity index (χ0) is 14.6. The summed E-state index contributed by atoms with van der Waals surface area (Å²) in [5.74, 6) is 0. The number of nitrogens with zero attached hydrogens (tertiary/aromatic N) is 2. The van der Waals surface area contributed by atoms with Crippen LogP contribution in [-0.2, 0) is 10.0 Å². The predicted molar refractivity (Wildman–Crippen MR) is 75.4 cm³/mol. The maximum Gasteiger partial charge on any atom is 0.242 e. The molecule has 0 aliphatic heterocycles. The molecule has 6 heteroatoms. The van der Waals surface area contributed by atoms with Crippen LogP contribution in [0.15, 0.2) is 29.2 Å². The molecule has 0 bridgehead atoms. The summed E-state index contributed by atoms with van der Waals surface area (Å²) in [5, 5.41) is 9.51. The van der Waals surface area contributed by atoms with Gasteiger partial charge in [0.15, 0.2) is 0 Å². The summed E-state index contributed by atoms with van der Waals surface area (Å²) in [4.78, 5) is 2.14. The largest absolute Gasteiger partial charge is 0.389 e. The second-order valence-electron chi connectivity index (χ2n) is 4.88. The van der Waals surface area contributed by atoms with E-state index in [0.717, 1.165) is 0 Å². The Bertz CT molecular complexity index is 512. The third-order valence-electron chi connectivity index (χ3n) is 2.91. The van der Waals surface area contributed by atoms with E-state index in [2.05, 4.69) is 0 Å². The van der Waals surface area contributed by atoms with E-state index in [1.165, 1.54) is 10.4 Å². The lowest BCUT2D eigenvalue weighted by atomic mass is 10.1. The fourth-order valence-electron chi connectivity index (χ4n) is 1.58. The van der Waals surface area contributed by atoms with Crippen molar-refractivity contribution in [2.75, 3.05) is 34.2 Å². The van der Waals surface area contributed by atoms with Gasteiger partial charge in [-0.25, -0.2) is 8.42 Å². The highest BCUT2D eigenvalue weighted by Gasteiger charge is 2.21. The molecule has 1 atom stereocenters. The van der Waals surface area contributed by atoms with Gasteiger partial charge in [-0.2, -0.15) is 4.31 Å². The third-order valence-corrected chi connectivity index (χ3v) is 4.76. The average Bonchev–Trinajstić information content (AvgIpc) is 2.35. The molecule has 5 nitrogen and oxygen atoms in total. The van der Waals surface area contributed by atoms with Crippen LogP contribution < -0.4 is 0 Å². The molecule has 1 rings (SSSR count). The van der Waals surface area contributed by atoms with Crippen molar-refractivity contribution in [2.45, 2.75) is 17.9 Å². The Morgan fingerprint density at radius 3 is 2.37 bits per heavy atom. The van der Waals surface area contributed by atoms with Crippen molar-refractivity contribution in [1.29, 1.82) is 0 Å². The van der Waals surface area contributed by atoms with E-state index >= 15 is 0 Å². The minimum Gasteiger partial charge on any atom is -0.389 e. The Labute approximate surface area is 115 Å². The molecule has 1 N–H and O–H groups in total. The molecule has 1 unspecified atom stereocenters. The van der Waals surface area contributed by atoms with E-state index in [4.69, 9.17) is 0 Å². The molecule has 0 heterocycles. The van der Waals surface area contributed by atoms with Gasteiger partial charge in [0.05, 0.1) is 11.0 Å². The second-order valence-corrected chi connectivity index (χ2v) is 6.92. The van der Waals surface area contributed by atoms with Crippen LogP contribution >= 0.6 is 0 Å². The van der Waals surface area contributed by atoms with Crippen LogP contribution in [0.3, 0.4) is 0 Å². The highest BCUT2D eigenvalue weighted by atomic mass is 32.2. The molecular formula is C13H22N2O3S. The monoisotopic (exact) mass is 286 g/mol. The minimum atomic E-state index is -3.50. The van der Waals surface area contributed by atoms with Crippen LogP contribution in [0, 0.1) is 0 Å². The van der Waals surface area contributed by atoms with Crippen molar-refractivity contribution in [3.8, 4) is 0 Å². The molecule has 0 amide bonds. The normalized spacial score (nSPS) is 14.1. The molecule has 108 valence electrons. The van der Waals surface area contributed by atoms with Crippen LogP contribution in [0.4, 0.5) is 0 Å². The smallest absolute Gasteiger partial charge is 0.242 e. The van der Waals surface area contributed by atoms with Gasteiger partial charge in [-0.05, 0) is 38.7 Å². The van der Waals surface area contributed by atoms with Crippen molar-refractivity contribution >= 4 is 10.0 Å². The Kier molecular flexibility index (Phi) is 5.49. The van der Waals surface area contributed by atoms with E-state index in [-0.39, 0.29) is 4.90 Å². The van der Waals surface area contributed by atoms with Gasteiger partial charge in [-0.1, -0.05) is 12.1 Å². The van der Waals surface area contributed by atoms with Crippen molar-refractivity contribution in [3.05, 3.63) is 29.8 Å². The van der Waals surface area contributed by atoms with E-state index in [1.54, 1.807) is 32.2 Å². The van der Waals surface area contributed by atoms with E-state index in [0.29, 0.717) is 18.7 Å². The summed E-state index contributed by atoms with van der Waals surface area (Å²) in [5.41, 5.74) is 0.599. The predicted octanol–water partition coefficient (Wildman–Crippen LogP) is 0.922. The first kappa shape index (κ1) is 16.1. The quantitative estimate of drug-likeness (QED) is 0.845. The number of likely N-dealkylation sites (N-methyl/N-ethyl adjacent to an activating group) is 2. The second kappa shape index (κ2) is 6.47. The van der Waals surface area contributed by atoms with Crippen LogP contribution in [0.1, 0.15) is 18.6 Å². The lowest BCUT2D eigenvalue weighted by Gasteiger charge is -2.20. The number of hydrogen-bond acceptors (Lipinski definition) is 4. The third kappa shape index (κ3) is 4.28. The van der Waals surface area contributed by atoms with Gasteiger partial charge in [0.1, 0.15) is 0 Å². The SMILES string of the molecule is CC(O)c1cccc(S(=O)(=O)N(C)CCN(C)C)c1. The summed E-state index contributed by atoms with van der Waals surface area (Å²) >= 11 is 0. The Morgan fingerprint density at radius 1 is 1.21 bits per heavy atom. The topological polar surface area (TPSA) is 60.9 Å². The molecule has 19 heavy (non-hydrogen) atoms. The number of benzene rings is 1. The summed E-state index contributed by atoms with van der Waals surface area (Å²) in [6.45, 7) is 2.70. The van der Waals surface area contributed by atoms with Gasteiger partial charge in [0.2, 0.25) is 10.0 Å². The van der Waals surface area contributed by atoms with Crippen LogP contribution in [-0.4, -0.2) is 57.0 Å². The molecular weight excluding hydrogens is 264 g/mol. The minimum absolute atomic E-state index is 0.215. The van der Waals surface area contributed by atoms with Gasteiger partial charge < -0.3 is 10.0 Å². The Morgan fingerprint density at radius 2 is 1.84 bits per heavy atom. The highest BCUT2D eigenvalue weighted by Crippen LogP contribution is 2.19. The molecule has 0 spiro atoms. The van der Waals surface area contributed by atoms with Gasteiger partial charge >= 0.3 is 0 Å². The molecule has 0 aliphatic carbocycles. The fourth-order valence-corrected chi connectivity index (χ4v) is 2.79. The van der Waals surface area contributed by atoms with Gasteiger partial charge in [-0.15, -0.1) is 0 Å². The van der Waals surface area contributed by atoms with Crippen molar-refractivity contribution in [1.82, 2.24) is 9.21 Å². The Hall–Kier alpha value is -0.950.